The third kappa shape index (κ3) is 4.49. The fourth-order valence-electron chi connectivity index (χ4n) is 2.64. The van der Waals surface area contributed by atoms with E-state index in [1.807, 2.05) is 48.5 Å². The van der Waals surface area contributed by atoms with Gasteiger partial charge in [0.05, 0.1) is 14.2 Å². The van der Waals surface area contributed by atoms with E-state index >= 15 is 0 Å². The molecule has 0 atom stereocenters. The first-order valence-electron chi connectivity index (χ1n) is 8.51. The maximum atomic E-state index is 12.7. The monoisotopic (exact) mass is 416 g/mol. The van der Waals surface area contributed by atoms with Gasteiger partial charge < -0.3 is 20.1 Å². The zero-order chi connectivity index (χ0) is 20.1. The Morgan fingerprint density at radius 2 is 1.14 bits per heavy atom. The lowest BCUT2D eigenvalue weighted by Crippen LogP contribution is -2.42. The van der Waals surface area contributed by atoms with Crippen LogP contribution in [0, 0.1) is 0 Å². The number of rotatable bonds is 4. The molecular formula is C19H20N4O3S2. The summed E-state index contributed by atoms with van der Waals surface area (Å²) in [5, 5.41) is 6.78. The summed E-state index contributed by atoms with van der Waals surface area (Å²) in [5.74, 6) is 1.49. The fourth-order valence-corrected chi connectivity index (χ4v) is 3.22. The Morgan fingerprint density at radius 3 is 1.46 bits per heavy atom. The van der Waals surface area contributed by atoms with Crippen molar-refractivity contribution in [2.24, 2.45) is 0 Å². The van der Waals surface area contributed by atoms with Crippen molar-refractivity contribution in [3.8, 4) is 11.5 Å². The van der Waals surface area contributed by atoms with E-state index in [4.69, 9.17) is 33.9 Å². The standard InChI is InChI=1S/C19H20N4O3S2/c1-25-15-7-3-13(4-8-15)20-17(27)22-11-12-23(19(22)24)18(28)21-14-5-9-16(26-2)10-6-14/h3-10H,11-12H2,1-2H3,(H,20,27)(H,21,28). The van der Waals surface area contributed by atoms with Crippen LogP contribution in [0.25, 0.3) is 0 Å². The summed E-state index contributed by atoms with van der Waals surface area (Å²) in [7, 11) is 3.21. The molecule has 0 aliphatic carbocycles. The molecule has 1 heterocycles. The lowest BCUT2D eigenvalue weighted by molar-refractivity contribution is 0.221. The number of benzene rings is 2. The number of hydrogen-bond acceptors (Lipinski definition) is 5. The van der Waals surface area contributed by atoms with Crippen LogP contribution in [0.15, 0.2) is 48.5 Å². The average Bonchev–Trinajstić information content (AvgIpc) is 3.10. The molecule has 2 amide bonds. The summed E-state index contributed by atoms with van der Waals surface area (Å²) >= 11 is 10.8. The van der Waals surface area contributed by atoms with Crippen LogP contribution in [0.5, 0.6) is 11.5 Å². The zero-order valence-corrected chi connectivity index (χ0v) is 17.1. The van der Waals surface area contributed by atoms with Gasteiger partial charge in [0.25, 0.3) is 0 Å². The Kier molecular flexibility index (Phi) is 6.27. The van der Waals surface area contributed by atoms with Gasteiger partial charge in [-0.25, -0.2) is 4.79 Å². The number of nitrogens with one attached hydrogen (secondary N) is 2. The van der Waals surface area contributed by atoms with Gasteiger partial charge in [0.2, 0.25) is 0 Å². The second kappa shape index (κ2) is 8.85. The second-order valence-corrected chi connectivity index (χ2v) is 6.68. The zero-order valence-electron chi connectivity index (χ0n) is 15.5. The Bertz CT molecular complexity index is 800. The Hall–Kier alpha value is -2.91. The number of hydrogen-bond donors (Lipinski definition) is 2. The molecule has 1 saturated heterocycles. The first kappa shape index (κ1) is 19.8. The van der Waals surface area contributed by atoms with E-state index in [9.17, 15) is 4.79 Å². The van der Waals surface area contributed by atoms with Gasteiger partial charge in [-0.3, -0.25) is 9.80 Å². The van der Waals surface area contributed by atoms with Gasteiger partial charge in [0.15, 0.2) is 10.2 Å². The maximum Gasteiger partial charge on any atom is 0.332 e. The molecule has 7 nitrogen and oxygen atoms in total. The summed E-state index contributed by atoms with van der Waals surface area (Å²) < 4.78 is 10.3. The molecular weight excluding hydrogens is 396 g/mol. The van der Waals surface area contributed by atoms with Crippen molar-refractivity contribution >= 4 is 52.1 Å². The van der Waals surface area contributed by atoms with Crippen LogP contribution in [0.1, 0.15) is 0 Å². The van der Waals surface area contributed by atoms with E-state index in [0.29, 0.717) is 23.3 Å². The highest BCUT2D eigenvalue weighted by Gasteiger charge is 2.33. The predicted octanol–water partition coefficient (Wildman–Crippen LogP) is 3.54. The van der Waals surface area contributed by atoms with Crippen molar-refractivity contribution in [1.82, 2.24) is 9.80 Å². The highest BCUT2D eigenvalue weighted by molar-refractivity contribution is 7.80. The Morgan fingerprint density at radius 1 is 0.786 bits per heavy atom. The minimum Gasteiger partial charge on any atom is -0.497 e. The highest BCUT2D eigenvalue weighted by atomic mass is 32.1. The normalized spacial score (nSPS) is 13.3. The third-order valence-electron chi connectivity index (χ3n) is 4.18. The van der Waals surface area contributed by atoms with Crippen LogP contribution >= 0.6 is 24.4 Å². The van der Waals surface area contributed by atoms with Gasteiger partial charge in [-0.1, -0.05) is 0 Å². The molecule has 3 rings (SSSR count). The lowest BCUT2D eigenvalue weighted by Gasteiger charge is -2.21. The molecule has 0 aromatic heterocycles. The molecule has 0 bridgehead atoms. The minimum atomic E-state index is -0.267. The van der Waals surface area contributed by atoms with Crippen molar-refractivity contribution in [3.63, 3.8) is 0 Å². The van der Waals surface area contributed by atoms with Crippen LogP contribution in [0.4, 0.5) is 16.2 Å². The quantitative estimate of drug-likeness (QED) is 0.739. The van der Waals surface area contributed by atoms with E-state index in [0.717, 1.165) is 22.9 Å². The molecule has 146 valence electrons. The number of carbonyl (C=O) groups is 1. The molecule has 0 unspecified atom stereocenters. The molecule has 0 spiro atoms. The van der Waals surface area contributed by atoms with E-state index in [1.54, 1.807) is 14.2 Å². The van der Waals surface area contributed by atoms with Crippen LogP contribution in [0.2, 0.25) is 0 Å². The van der Waals surface area contributed by atoms with Crippen LogP contribution in [-0.2, 0) is 0 Å². The summed E-state index contributed by atoms with van der Waals surface area (Å²) in [6.07, 6.45) is 0. The number of amides is 2. The van der Waals surface area contributed by atoms with Gasteiger partial charge >= 0.3 is 6.03 Å². The number of carbonyl (C=O) groups excluding carboxylic acids is 1. The van der Waals surface area contributed by atoms with Gasteiger partial charge in [0.1, 0.15) is 11.5 Å². The van der Waals surface area contributed by atoms with Crippen molar-refractivity contribution in [2.75, 3.05) is 37.9 Å². The highest BCUT2D eigenvalue weighted by Crippen LogP contribution is 2.19. The Balaban J connectivity index is 1.59. The SMILES string of the molecule is COc1ccc(NC(=S)N2CCN(C(=S)Nc3ccc(OC)cc3)C2=O)cc1. The molecule has 0 radical (unpaired) electrons. The average molecular weight is 417 g/mol. The van der Waals surface area contributed by atoms with E-state index in [2.05, 4.69) is 10.6 Å². The number of urea groups is 1. The second-order valence-electron chi connectivity index (χ2n) is 5.90. The fraction of sp³-hybridized carbons (Fsp3) is 0.211. The number of anilines is 2. The molecule has 1 fully saturated rings. The molecule has 1 aliphatic rings. The number of ether oxygens (including phenoxy) is 2. The van der Waals surface area contributed by atoms with Crippen molar-refractivity contribution in [3.05, 3.63) is 48.5 Å². The summed E-state index contributed by atoms with van der Waals surface area (Å²) in [4.78, 5) is 15.7. The molecule has 1 aliphatic heterocycles. The molecule has 28 heavy (non-hydrogen) atoms. The molecule has 0 saturated carbocycles. The molecule has 2 aromatic rings. The van der Waals surface area contributed by atoms with Crippen molar-refractivity contribution < 1.29 is 14.3 Å². The van der Waals surface area contributed by atoms with E-state index in [1.165, 1.54) is 9.80 Å². The summed E-state index contributed by atoms with van der Waals surface area (Å²) in [5.41, 5.74) is 1.55. The van der Waals surface area contributed by atoms with Gasteiger partial charge in [0, 0.05) is 24.5 Å². The number of nitrogens with zero attached hydrogens (tertiary/aromatic N) is 2. The predicted molar refractivity (Wildman–Crippen MR) is 117 cm³/mol. The van der Waals surface area contributed by atoms with E-state index in [-0.39, 0.29) is 6.03 Å². The largest absolute Gasteiger partial charge is 0.497 e. The topological polar surface area (TPSA) is 66.1 Å². The van der Waals surface area contributed by atoms with Crippen LogP contribution in [-0.4, -0.2) is 53.4 Å². The van der Waals surface area contributed by atoms with Crippen LogP contribution < -0.4 is 20.1 Å². The lowest BCUT2D eigenvalue weighted by atomic mass is 10.3. The van der Waals surface area contributed by atoms with Crippen LogP contribution in [0.3, 0.4) is 0 Å². The van der Waals surface area contributed by atoms with Gasteiger partial charge in [-0.15, -0.1) is 0 Å². The van der Waals surface area contributed by atoms with E-state index < -0.39 is 0 Å². The van der Waals surface area contributed by atoms with Crippen molar-refractivity contribution in [2.45, 2.75) is 0 Å². The third-order valence-corrected chi connectivity index (χ3v) is 4.83. The first-order chi connectivity index (χ1) is 13.5. The minimum absolute atomic E-state index is 0.267. The molecule has 2 aromatic carbocycles. The molecule has 2 N–H and O–H groups in total. The maximum absolute atomic E-state index is 12.7. The number of thiocarbonyl (C=S) groups is 2. The summed E-state index contributed by atoms with van der Waals surface area (Å²) in [6, 6.07) is 14.3. The Labute approximate surface area is 174 Å². The summed E-state index contributed by atoms with van der Waals surface area (Å²) in [6.45, 7) is 0.899. The van der Waals surface area contributed by atoms with Gasteiger partial charge in [-0.2, -0.15) is 0 Å². The number of methoxy groups -OCH3 is 2. The van der Waals surface area contributed by atoms with Gasteiger partial charge in [-0.05, 0) is 73.0 Å². The molecule has 9 heteroatoms. The first-order valence-corrected chi connectivity index (χ1v) is 9.32. The smallest absolute Gasteiger partial charge is 0.332 e. The van der Waals surface area contributed by atoms with Crippen molar-refractivity contribution in [1.29, 1.82) is 0 Å².